The van der Waals surface area contributed by atoms with Crippen molar-refractivity contribution in [2.75, 3.05) is 6.54 Å². The SMILES string of the molecule is CCCCCNC1CC(C)(C)Oc2c1ccc(C)c2C. The van der Waals surface area contributed by atoms with Crippen molar-refractivity contribution in [1.29, 1.82) is 0 Å². The van der Waals surface area contributed by atoms with Crippen LogP contribution in [0.5, 0.6) is 5.75 Å². The van der Waals surface area contributed by atoms with Gasteiger partial charge in [0.25, 0.3) is 0 Å². The standard InChI is InChI=1S/C18H29NO/c1-6-7-8-11-19-16-12-18(4,5)20-17-14(3)13(2)9-10-15(16)17/h9-10,16,19H,6-8,11-12H2,1-5H3. The van der Waals surface area contributed by atoms with E-state index in [1.54, 1.807) is 0 Å². The molecule has 0 spiro atoms. The van der Waals surface area contributed by atoms with E-state index in [4.69, 9.17) is 4.74 Å². The van der Waals surface area contributed by atoms with Crippen molar-refractivity contribution in [3.63, 3.8) is 0 Å². The predicted octanol–water partition coefficient (Wildman–Crippen LogP) is 4.69. The summed E-state index contributed by atoms with van der Waals surface area (Å²) >= 11 is 0. The Kier molecular flexibility index (Phi) is 4.74. The molecular weight excluding hydrogens is 246 g/mol. The van der Waals surface area contributed by atoms with Gasteiger partial charge in [-0.1, -0.05) is 31.9 Å². The van der Waals surface area contributed by atoms with Crippen LogP contribution >= 0.6 is 0 Å². The Balaban J connectivity index is 2.20. The number of fused-ring (bicyclic) bond motifs is 1. The zero-order chi connectivity index (χ0) is 14.8. The first-order valence-corrected chi connectivity index (χ1v) is 7.97. The molecule has 0 fully saturated rings. The largest absolute Gasteiger partial charge is 0.487 e. The van der Waals surface area contributed by atoms with Gasteiger partial charge in [0.05, 0.1) is 0 Å². The third kappa shape index (κ3) is 3.35. The van der Waals surface area contributed by atoms with E-state index in [1.165, 1.54) is 36.0 Å². The molecule has 0 amide bonds. The molecule has 1 unspecified atom stereocenters. The monoisotopic (exact) mass is 275 g/mol. The summed E-state index contributed by atoms with van der Waals surface area (Å²) in [6.45, 7) is 12.1. The molecule has 2 nitrogen and oxygen atoms in total. The van der Waals surface area contributed by atoms with E-state index in [1.807, 2.05) is 0 Å². The zero-order valence-corrected chi connectivity index (χ0v) is 13.7. The van der Waals surface area contributed by atoms with Crippen molar-refractivity contribution < 1.29 is 4.74 Å². The number of aryl methyl sites for hydroxylation is 1. The molecule has 0 saturated heterocycles. The molecule has 1 atom stereocenters. The van der Waals surface area contributed by atoms with E-state index >= 15 is 0 Å². The molecular formula is C18H29NO. The molecule has 2 heteroatoms. The summed E-state index contributed by atoms with van der Waals surface area (Å²) in [5, 5.41) is 3.73. The summed E-state index contributed by atoms with van der Waals surface area (Å²) < 4.78 is 6.25. The van der Waals surface area contributed by atoms with Crippen LogP contribution in [0.1, 0.15) is 69.2 Å². The summed E-state index contributed by atoms with van der Waals surface area (Å²) in [7, 11) is 0. The second-order valence-electron chi connectivity index (χ2n) is 6.71. The van der Waals surface area contributed by atoms with Gasteiger partial charge < -0.3 is 10.1 Å². The Hall–Kier alpha value is -1.02. The van der Waals surface area contributed by atoms with E-state index in [0.717, 1.165) is 18.7 Å². The second-order valence-corrected chi connectivity index (χ2v) is 6.71. The number of nitrogens with one attached hydrogen (secondary N) is 1. The predicted molar refractivity (Wildman–Crippen MR) is 85.5 cm³/mol. The maximum atomic E-state index is 6.25. The fraction of sp³-hybridized carbons (Fsp3) is 0.667. The Labute approximate surface area is 123 Å². The van der Waals surface area contributed by atoms with Crippen LogP contribution in [0.15, 0.2) is 12.1 Å². The first kappa shape index (κ1) is 15.4. The van der Waals surface area contributed by atoms with Gasteiger partial charge in [0.15, 0.2) is 0 Å². The normalized spacial score (nSPS) is 20.4. The van der Waals surface area contributed by atoms with Crippen LogP contribution in [-0.4, -0.2) is 12.1 Å². The van der Waals surface area contributed by atoms with Crippen LogP contribution < -0.4 is 10.1 Å². The van der Waals surface area contributed by atoms with Crippen molar-refractivity contribution in [1.82, 2.24) is 5.32 Å². The molecule has 0 aromatic heterocycles. The summed E-state index contributed by atoms with van der Waals surface area (Å²) in [4.78, 5) is 0. The van der Waals surface area contributed by atoms with Gasteiger partial charge in [0, 0.05) is 18.0 Å². The Morgan fingerprint density at radius 1 is 1.25 bits per heavy atom. The van der Waals surface area contributed by atoms with Gasteiger partial charge in [0.2, 0.25) is 0 Å². The van der Waals surface area contributed by atoms with E-state index in [9.17, 15) is 0 Å². The molecule has 1 aromatic carbocycles. The Morgan fingerprint density at radius 3 is 2.70 bits per heavy atom. The number of ether oxygens (including phenoxy) is 1. The van der Waals surface area contributed by atoms with Crippen LogP contribution in [0.3, 0.4) is 0 Å². The zero-order valence-electron chi connectivity index (χ0n) is 13.7. The molecule has 0 bridgehead atoms. The minimum absolute atomic E-state index is 0.0893. The molecule has 0 aliphatic carbocycles. The fourth-order valence-electron chi connectivity index (χ4n) is 2.97. The highest BCUT2D eigenvalue weighted by Gasteiger charge is 2.34. The first-order chi connectivity index (χ1) is 9.44. The Bertz CT molecular complexity index is 465. The van der Waals surface area contributed by atoms with Crippen molar-refractivity contribution in [3.05, 3.63) is 28.8 Å². The highest BCUT2D eigenvalue weighted by atomic mass is 16.5. The molecule has 0 saturated carbocycles. The van der Waals surface area contributed by atoms with E-state index in [-0.39, 0.29) is 5.60 Å². The number of unbranched alkanes of at least 4 members (excludes halogenated alkanes) is 2. The second kappa shape index (κ2) is 6.17. The average Bonchev–Trinajstić information content (AvgIpc) is 2.38. The molecule has 1 N–H and O–H groups in total. The van der Waals surface area contributed by atoms with Crippen LogP contribution in [0.4, 0.5) is 0 Å². The lowest BCUT2D eigenvalue weighted by Crippen LogP contribution is -2.40. The van der Waals surface area contributed by atoms with Crippen LogP contribution in [0, 0.1) is 13.8 Å². The first-order valence-electron chi connectivity index (χ1n) is 7.97. The molecule has 112 valence electrons. The van der Waals surface area contributed by atoms with Gasteiger partial charge in [-0.2, -0.15) is 0 Å². The molecule has 0 radical (unpaired) electrons. The quantitative estimate of drug-likeness (QED) is 0.787. The number of benzene rings is 1. The van der Waals surface area contributed by atoms with Crippen molar-refractivity contribution in [3.8, 4) is 5.75 Å². The molecule has 1 aromatic rings. The van der Waals surface area contributed by atoms with Crippen molar-refractivity contribution >= 4 is 0 Å². The molecule has 2 rings (SSSR count). The number of rotatable bonds is 5. The van der Waals surface area contributed by atoms with E-state index in [0.29, 0.717) is 6.04 Å². The molecule has 1 aliphatic rings. The third-order valence-corrected chi connectivity index (χ3v) is 4.33. The number of hydrogen-bond donors (Lipinski definition) is 1. The van der Waals surface area contributed by atoms with Gasteiger partial charge >= 0.3 is 0 Å². The molecule has 1 heterocycles. The van der Waals surface area contributed by atoms with Gasteiger partial charge in [-0.25, -0.2) is 0 Å². The lowest BCUT2D eigenvalue weighted by molar-refractivity contribution is 0.0650. The number of hydrogen-bond acceptors (Lipinski definition) is 2. The minimum Gasteiger partial charge on any atom is -0.487 e. The highest BCUT2D eigenvalue weighted by molar-refractivity contribution is 5.48. The summed E-state index contributed by atoms with van der Waals surface area (Å²) in [6, 6.07) is 4.88. The van der Waals surface area contributed by atoms with Gasteiger partial charge in [-0.3, -0.25) is 0 Å². The topological polar surface area (TPSA) is 21.3 Å². The van der Waals surface area contributed by atoms with Crippen LogP contribution in [0.2, 0.25) is 0 Å². The van der Waals surface area contributed by atoms with Crippen LogP contribution in [-0.2, 0) is 0 Å². The summed E-state index contributed by atoms with van der Waals surface area (Å²) in [5.41, 5.74) is 3.85. The van der Waals surface area contributed by atoms with Crippen LogP contribution in [0.25, 0.3) is 0 Å². The lowest BCUT2D eigenvalue weighted by atomic mass is 9.87. The smallest absolute Gasteiger partial charge is 0.128 e. The summed E-state index contributed by atoms with van der Waals surface area (Å²) in [6.07, 6.45) is 4.87. The maximum Gasteiger partial charge on any atom is 0.128 e. The van der Waals surface area contributed by atoms with Gasteiger partial charge in [-0.05, 0) is 51.8 Å². The van der Waals surface area contributed by atoms with Gasteiger partial charge in [-0.15, -0.1) is 0 Å². The van der Waals surface area contributed by atoms with Crippen molar-refractivity contribution in [2.45, 2.75) is 71.9 Å². The average molecular weight is 275 g/mol. The minimum atomic E-state index is -0.0893. The highest BCUT2D eigenvalue weighted by Crippen LogP contribution is 2.42. The molecule has 1 aliphatic heterocycles. The maximum absolute atomic E-state index is 6.25. The fourth-order valence-corrected chi connectivity index (χ4v) is 2.97. The van der Waals surface area contributed by atoms with Gasteiger partial charge in [0.1, 0.15) is 11.4 Å². The van der Waals surface area contributed by atoms with E-state index < -0.39 is 0 Å². The van der Waals surface area contributed by atoms with Crippen molar-refractivity contribution in [2.24, 2.45) is 0 Å². The Morgan fingerprint density at radius 2 is 2.00 bits per heavy atom. The van der Waals surface area contributed by atoms with E-state index in [2.05, 4.69) is 52.1 Å². The molecule has 20 heavy (non-hydrogen) atoms. The lowest BCUT2D eigenvalue weighted by Gasteiger charge is -2.39. The summed E-state index contributed by atoms with van der Waals surface area (Å²) in [5.74, 6) is 1.11. The third-order valence-electron chi connectivity index (χ3n) is 4.33.